The van der Waals surface area contributed by atoms with E-state index in [-0.39, 0.29) is 17.8 Å². The van der Waals surface area contributed by atoms with Gasteiger partial charge in [0.1, 0.15) is 11.9 Å². The van der Waals surface area contributed by atoms with Gasteiger partial charge in [-0.15, -0.1) is 11.6 Å². The molecule has 4 nitrogen and oxygen atoms in total. The van der Waals surface area contributed by atoms with Crippen molar-refractivity contribution in [1.82, 2.24) is 14.9 Å². The molecule has 0 saturated heterocycles. The summed E-state index contributed by atoms with van der Waals surface area (Å²) >= 11 is 5.93. The van der Waals surface area contributed by atoms with Crippen LogP contribution in [-0.2, 0) is 10.7 Å². The normalized spacial score (nSPS) is 12.7. The molecule has 0 aliphatic heterocycles. The maximum Gasteiger partial charge on any atom is 0.242 e. The third-order valence-corrected chi connectivity index (χ3v) is 3.36. The van der Waals surface area contributed by atoms with E-state index in [0.717, 1.165) is 22.4 Å². The van der Waals surface area contributed by atoms with Crippen molar-refractivity contribution < 1.29 is 4.79 Å². The van der Waals surface area contributed by atoms with E-state index < -0.39 is 0 Å². The average molecular weight is 266 g/mol. The standard InChI is InChI=1S/C13H16ClN3O/c1-8-5-4-6-10-12(8)17(11(7-14)16-10)9(2)13(18)15-3/h4-6,9H,7H2,1-3H3,(H,15,18). The Morgan fingerprint density at radius 1 is 1.56 bits per heavy atom. The van der Waals surface area contributed by atoms with Crippen LogP contribution in [0.25, 0.3) is 11.0 Å². The van der Waals surface area contributed by atoms with Crippen molar-refractivity contribution in [3.63, 3.8) is 0 Å². The van der Waals surface area contributed by atoms with Crippen molar-refractivity contribution in [1.29, 1.82) is 0 Å². The third kappa shape index (κ3) is 1.97. The van der Waals surface area contributed by atoms with E-state index >= 15 is 0 Å². The van der Waals surface area contributed by atoms with Crippen LogP contribution in [0.1, 0.15) is 24.4 Å². The molecule has 0 bridgehead atoms. The van der Waals surface area contributed by atoms with Crippen LogP contribution in [0.2, 0.25) is 0 Å². The van der Waals surface area contributed by atoms with Gasteiger partial charge in [-0.25, -0.2) is 4.98 Å². The molecule has 5 heteroatoms. The number of amides is 1. The minimum absolute atomic E-state index is 0.0519. The van der Waals surface area contributed by atoms with Crippen molar-refractivity contribution >= 4 is 28.5 Å². The van der Waals surface area contributed by atoms with Gasteiger partial charge in [0.15, 0.2) is 0 Å². The van der Waals surface area contributed by atoms with Gasteiger partial charge in [-0.2, -0.15) is 0 Å². The number of carbonyl (C=O) groups excluding carboxylic acids is 1. The predicted octanol–water partition coefficient (Wildman–Crippen LogP) is 2.39. The average Bonchev–Trinajstić information content (AvgIpc) is 2.76. The molecule has 1 atom stereocenters. The first-order valence-electron chi connectivity index (χ1n) is 5.84. The molecule has 1 amide bonds. The van der Waals surface area contributed by atoms with Gasteiger partial charge in [-0.3, -0.25) is 4.79 Å². The topological polar surface area (TPSA) is 46.9 Å². The molecule has 1 heterocycles. The molecule has 0 fully saturated rings. The lowest BCUT2D eigenvalue weighted by Gasteiger charge is -2.16. The molecule has 2 rings (SSSR count). The largest absolute Gasteiger partial charge is 0.357 e. The number of hydrogen-bond donors (Lipinski definition) is 1. The second-order valence-corrected chi connectivity index (χ2v) is 4.53. The smallest absolute Gasteiger partial charge is 0.242 e. The zero-order valence-corrected chi connectivity index (χ0v) is 11.5. The Labute approximate surface area is 111 Å². The Bertz CT molecular complexity index is 591. The zero-order chi connectivity index (χ0) is 13.3. The first-order chi connectivity index (χ1) is 8.60. The van der Waals surface area contributed by atoms with Crippen LogP contribution in [-0.4, -0.2) is 22.5 Å². The molecule has 0 aliphatic rings. The SMILES string of the molecule is CNC(=O)C(C)n1c(CCl)nc2cccc(C)c21. The van der Waals surface area contributed by atoms with E-state index in [9.17, 15) is 4.79 Å². The molecule has 0 radical (unpaired) electrons. The molecular weight excluding hydrogens is 250 g/mol. The second kappa shape index (κ2) is 4.98. The highest BCUT2D eigenvalue weighted by atomic mass is 35.5. The maximum atomic E-state index is 11.8. The highest BCUT2D eigenvalue weighted by Gasteiger charge is 2.21. The number of nitrogens with one attached hydrogen (secondary N) is 1. The van der Waals surface area contributed by atoms with E-state index in [1.807, 2.05) is 36.6 Å². The summed E-state index contributed by atoms with van der Waals surface area (Å²) in [6.07, 6.45) is 0. The summed E-state index contributed by atoms with van der Waals surface area (Å²) in [5.41, 5.74) is 2.94. The summed E-state index contributed by atoms with van der Waals surface area (Å²) < 4.78 is 1.91. The molecule has 1 N–H and O–H groups in total. The molecule has 18 heavy (non-hydrogen) atoms. The fraction of sp³-hybridized carbons (Fsp3) is 0.385. The monoisotopic (exact) mass is 265 g/mol. The molecule has 96 valence electrons. The van der Waals surface area contributed by atoms with Gasteiger partial charge >= 0.3 is 0 Å². The molecule has 0 aliphatic carbocycles. The number of halogens is 1. The van der Waals surface area contributed by atoms with Gasteiger partial charge < -0.3 is 9.88 Å². The fourth-order valence-corrected chi connectivity index (χ4v) is 2.40. The van der Waals surface area contributed by atoms with Crippen LogP contribution in [0, 0.1) is 6.92 Å². The Hall–Kier alpha value is -1.55. The van der Waals surface area contributed by atoms with Crippen LogP contribution in [0.15, 0.2) is 18.2 Å². The van der Waals surface area contributed by atoms with Gasteiger partial charge in [0.25, 0.3) is 0 Å². The number of para-hydroxylation sites is 1. The lowest BCUT2D eigenvalue weighted by Crippen LogP contribution is -2.28. The summed E-state index contributed by atoms with van der Waals surface area (Å²) in [7, 11) is 1.63. The van der Waals surface area contributed by atoms with Crippen LogP contribution < -0.4 is 5.32 Å². The molecule has 0 saturated carbocycles. The van der Waals surface area contributed by atoms with E-state index in [0.29, 0.717) is 0 Å². The zero-order valence-electron chi connectivity index (χ0n) is 10.7. The number of alkyl halides is 1. The maximum absolute atomic E-state index is 11.8. The van der Waals surface area contributed by atoms with Crippen molar-refractivity contribution in [2.75, 3.05) is 7.05 Å². The number of hydrogen-bond acceptors (Lipinski definition) is 2. The van der Waals surface area contributed by atoms with E-state index in [1.54, 1.807) is 7.05 Å². The molecular formula is C13H16ClN3O. The van der Waals surface area contributed by atoms with Gasteiger partial charge in [-0.1, -0.05) is 12.1 Å². The van der Waals surface area contributed by atoms with Gasteiger partial charge in [0.2, 0.25) is 5.91 Å². The molecule has 0 spiro atoms. The third-order valence-electron chi connectivity index (χ3n) is 3.12. The summed E-state index contributed by atoms with van der Waals surface area (Å²) in [5, 5.41) is 2.66. The van der Waals surface area contributed by atoms with E-state index in [2.05, 4.69) is 10.3 Å². The fourth-order valence-electron chi connectivity index (χ4n) is 2.21. The number of imidazole rings is 1. The summed E-state index contributed by atoms with van der Waals surface area (Å²) in [4.78, 5) is 16.3. The highest BCUT2D eigenvalue weighted by Crippen LogP contribution is 2.25. The van der Waals surface area contributed by atoms with Gasteiger partial charge in [-0.05, 0) is 25.5 Å². The Kier molecular flexibility index (Phi) is 3.57. The van der Waals surface area contributed by atoms with Crippen molar-refractivity contribution in [3.8, 4) is 0 Å². The van der Waals surface area contributed by atoms with Crippen LogP contribution in [0.5, 0.6) is 0 Å². The van der Waals surface area contributed by atoms with Crippen LogP contribution in [0.3, 0.4) is 0 Å². The number of carbonyl (C=O) groups is 1. The van der Waals surface area contributed by atoms with Crippen LogP contribution in [0.4, 0.5) is 0 Å². The first-order valence-corrected chi connectivity index (χ1v) is 6.37. The number of likely N-dealkylation sites (N-methyl/N-ethyl adjacent to an activating group) is 1. The number of aryl methyl sites for hydroxylation is 1. The van der Waals surface area contributed by atoms with Crippen molar-refractivity contribution in [2.45, 2.75) is 25.8 Å². The molecule has 1 aromatic carbocycles. The number of benzene rings is 1. The summed E-state index contributed by atoms with van der Waals surface area (Å²) in [6, 6.07) is 5.58. The molecule has 1 unspecified atom stereocenters. The lowest BCUT2D eigenvalue weighted by molar-refractivity contribution is -0.123. The number of aromatic nitrogens is 2. The first kappa shape index (κ1) is 12.9. The Morgan fingerprint density at radius 3 is 2.89 bits per heavy atom. The highest BCUT2D eigenvalue weighted by molar-refractivity contribution is 6.17. The van der Waals surface area contributed by atoms with E-state index in [4.69, 9.17) is 11.6 Å². The number of rotatable bonds is 3. The quantitative estimate of drug-likeness (QED) is 0.867. The summed E-state index contributed by atoms with van der Waals surface area (Å²) in [6.45, 7) is 3.86. The predicted molar refractivity (Wildman–Crippen MR) is 72.8 cm³/mol. The van der Waals surface area contributed by atoms with Crippen LogP contribution >= 0.6 is 11.6 Å². The molecule has 1 aromatic heterocycles. The van der Waals surface area contributed by atoms with Gasteiger partial charge in [0.05, 0.1) is 16.9 Å². The summed E-state index contributed by atoms with van der Waals surface area (Å²) in [5.74, 6) is 0.955. The van der Waals surface area contributed by atoms with E-state index in [1.165, 1.54) is 0 Å². The van der Waals surface area contributed by atoms with Gasteiger partial charge in [0, 0.05) is 7.05 Å². The minimum atomic E-state index is -0.324. The number of fused-ring (bicyclic) bond motifs is 1. The molecule has 2 aromatic rings. The van der Waals surface area contributed by atoms with Crippen molar-refractivity contribution in [3.05, 3.63) is 29.6 Å². The number of nitrogens with zero attached hydrogens (tertiary/aromatic N) is 2. The Balaban J connectivity index is 2.70. The lowest BCUT2D eigenvalue weighted by atomic mass is 10.2. The second-order valence-electron chi connectivity index (χ2n) is 4.26. The minimum Gasteiger partial charge on any atom is -0.357 e. The van der Waals surface area contributed by atoms with Crippen molar-refractivity contribution in [2.24, 2.45) is 0 Å². The Morgan fingerprint density at radius 2 is 2.28 bits per heavy atom.